The number of carboxylic acid groups (broad SMARTS) is 1. The summed E-state index contributed by atoms with van der Waals surface area (Å²) in [6, 6.07) is 11.0. The van der Waals surface area contributed by atoms with Crippen molar-refractivity contribution in [2.75, 3.05) is 6.61 Å². The number of aliphatic carboxylic acids is 1. The van der Waals surface area contributed by atoms with Crippen LogP contribution in [0.25, 0.3) is 32.9 Å². The molecule has 9 heteroatoms. The first kappa shape index (κ1) is 26.6. The van der Waals surface area contributed by atoms with Gasteiger partial charge in [-0.3, -0.25) is 9.78 Å². The van der Waals surface area contributed by atoms with Crippen molar-refractivity contribution < 1.29 is 19.4 Å². The molecule has 6 rings (SSSR count). The molecular weight excluding hydrogens is 520 g/mol. The van der Waals surface area contributed by atoms with Crippen molar-refractivity contribution in [3.05, 3.63) is 93.9 Å². The quantitative estimate of drug-likeness (QED) is 0.305. The number of fused-ring (bicyclic) bond motifs is 1. The lowest BCUT2D eigenvalue weighted by Gasteiger charge is -2.29. The van der Waals surface area contributed by atoms with Crippen molar-refractivity contribution in [3.63, 3.8) is 0 Å². The maximum Gasteiger partial charge on any atom is 0.337 e. The van der Waals surface area contributed by atoms with E-state index >= 15 is 0 Å². The lowest BCUT2D eigenvalue weighted by Crippen LogP contribution is -2.28. The second-order valence-corrected chi connectivity index (χ2v) is 11.3. The maximum atomic E-state index is 13.2. The van der Waals surface area contributed by atoms with Crippen molar-refractivity contribution in [1.29, 1.82) is 0 Å². The molecule has 41 heavy (non-hydrogen) atoms. The summed E-state index contributed by atoms with van der Waals surface area (Å²) >= 11 is 0. The van der Waals surface area contributed by atoms with E-state index in [1.165, 1.54) is 12.4 Å². The number of hydrogen-bond acceptors (Lipinski definition) is 7. The number of benzene rings is 2. The highest BCUT2D eigenvalue weighted by molar-refractivity contribution is 6.08. The Morgan fingerprint density at radius 3 is 2.66 bits per heavy atom. The number of rotatable bonds is 6. The van der Waals surface area contributed by atoms with Gasteiger partial charge in [0.15, 0.2) is 6.10 Å². The van der Waals surface area contributed by atoms with Gasteiger partial charge in [0.05, 0.1) is 29.8 Å². The van der Waals surface area contributed by atoms with Crippen molar-refractivity contribution in [2.45, 2.75) is 52.4 Å². The van der Waals surface area contributed by atoms with Gasteiger partial charge in [0, 0.05) is 58.5 Å². The molecule has 1 N–H and O–H groups in total. The Balaban J connectivity index is 1.73. The Morgan fingerprint density at radius 2 is 1.93 bits per heavy atom. The number of carboxylic acids is 1. The number of aromatic nitrogens is 4. The lowest BCUT2D eigenvalue weighted by atomic mass is 9.86. The van der Waals surface area contributed by atoms with E-state index < -0.39 is 17.7 Å². The second-order valence-electron chi connectivity index (χ2n) is 11.3. The van der Waals surface area contributed by atoms with Crippen LogP contribution in [0.3, 0.4) is 0 Å². The minimum Gasteiger partial charge on any atom is -0.493 e. The third-order valence-electron chi connectivity index (χ3n) is 7.29. The molecule has 0 spiro atoms. The number of hydrogen-bond donors (Lipinski definition) is 1. The third kappa shape index (κ3) is 4.82. The first-order valence-corrected chi connectivity index (χ1v) is 13.5. The summed E-state index contributed by atoms with van der Waals surface area (Å²) in [6.07, 6.45) is 6.06. The van der Waals surface area contributed by atoms with Crippen LogP contribution in [0.15, 0.2) is 66.1 Å². The van der Waals surface area contributed by atoms with E-state index in [9.17, 15) is 14.7 Å². The molecule has 0 saturated heterocycles. The van der Waals surface area contributed by atoms with Crippen molar-refractivity contribution in [2.24, 2.45) is 0 Å². The monoisotopic (exact) mass is 550 g/mol. The van der Waals surface area contributed by atoms with Gasteiger partial charge in [-0.15, -0.1) is 0 Å². The maximum absolute atomic E-state index is 13.2. The fourth-order valence-corrected chi connectivity index (χ4v) is 5.66. The van der Waals surface area contributed by atoms with Gasteiger partial charge in [-0.25, -0.2) is 14.8 Å². The average molecular weight is 551 g/mol. The van der Waals surface area contributed by atoms with Crippen molar-refractivity contribution in [3.8, 4) is 16.9 Å². The zero-order valence-corrected chi connectivity index (χ0v) is 23.3. The summed E-state index contributed by atoms with van der Waals surface area (Å²) in [5, 5.41) is 12.1. The number of aryl methyl sites for hydroxylation is 1. The zero-order valence-electron chi connectivity index (χ0n) is 23.3. The van der Waals surface area contributed by atoms with E-state index in [1.54, 1.807) is 29.2 Å². The van der Waals surface area contributed by atoms with Gasteiger partial charge >= 0.3 is 5.97 Å². The number of nitrogens with zero attached hydrogens (tertiary/aromatic N) is 4. The van der Waals surface area contributed by atoms with Gasteiger partial charge in [-0.1, -0.05) is 0 Å². The molecule has 3 aromatic heterocycles. The Bertz CT molecular complexity index is 1870. The minimum absolute atomic E-state index is 0.191. The van der Waals surface area contributed by atoms with Crippen LogP contribution >= 0.6 is 0 Å². The SMILES string of the molecule is Cc1cc2c(ccc(=O)n2Cc2cncnc2)c(-c2ccc3c4c(ccnc24)CCO3)c1C(OC(C)(C)C)C(=O)O. The molecule has 1 atom stereocenters. The van der Waals surface area contributed by atoms with Gasteiger partial charge in [0.25, 0.3) is 5.56 Å². The molecule has 4 heterocycles. The highest BCUT2D eigenvalue weighted by atomic mass is 16.5. The third-order valence-corrected chi connectivity index (χ3v) is 7.29. The Labute approximate surface area is 236 Å². The van der Waals surface area contributed by atoms with Crippen LogP contribution < -0.4 is 10.3 Å². The number of carbonyl (C=O) groups is 1. The van der Waals surface area contributed by atoms with Gasteiger partial charge in [-0.05, 0) is 74.7 Å². The molecule has 1 aliphatic heterocycles. The average Bonchev–Trinajstić information content (AvgIpc) is 2.94. The van der Waals surface area contributed by atoms with Crippen molar-refractivity contribution >= 4 is 27.8 Å². The normalized spacial score (nSPS) is 13.8. The topological polar surface area (TPSA) is 116 Å². The number of pyridine rings is 2. The number of ether oxygens (including phenoxy) is 2. The predicted molar refractivity (Wildman–Crippen MR) is 155 cm³/mol. The van der Waals surface area contributed by atoms with Crippen LogP contribution in [-0.4, -0.2) is 42.8 Å². The largest absolute Gasteiger partial charge is 0.493 e. The molecule has 0 radical (unpaired) electrons. The Morgan fingerprint density at radius 1 is 1.15 bits per heavy atom. The molecule has 1 aliphatic rings. The standard InChI is InChI=1S/C32H30N4O5/c1-18-13-23-21(6-8-25(37)36(23)16-19-14-33-17-34-15-19)28(26(18)30(31(38)39)41-32(2,3)4)22-5-7-24-27-20(10-12-40-24)9-11-35-29(22)27/h5-9,11,13-15,17,30H,10,12,16H2,1-4H3,(H,38,39). The molecule has 0 amide bonds. The summed E-state index contributed by atoms with van der Waals surface area (Å²) in [4.78, 5) is 39.0. The molecule has 0 bridgehead atoms. The molecule has 208 valence electrons. The lowest BCUT2D eigenvalue weighted by molar-refractivity contribution is -0.160. The molecule has 1 unspecified atom stereocenters. The Hall–Kier alpha value is -4.63. The molecule has 0 aliphatic carbocycles. The van der Waals surface area contributed by atoms with E-state index in [0.717, 1.165) is 34.2 Å². The zero-order chi connectivity index (χ0) is 28.9. The van der Waals surface area contributed by atoms with Gasteiger partial charge in [-0.2, -0.15) is 0 Å². The van der Waals surface area contributed by atoms with Crippen LogP contribution in [0.1, 0.15) is 49.1 Å². The van der Waals surface area contributed by atoms with E-state index in [4.69, 9.17) is 14.5 Å². The summed E-state index contributed by atoms with van der Waals surface area (Å²) in [7, 11) is 0. The molecular formula is C32H30N4O5. The summed E-state index contributed by atoms with van der Waals surface area (Å²) in [5.41, 5.74) is 4.95. The second kappa shape index (κ2) is 10.1. The van der Waals surface area contributed by atoms with Gasteiger partial charge < -0.3 is 19.1 Å². The smallest absolute Gasteiger partial charge is 0.337 e. The molecule has 0 fully saturated rings. The van der Waals surface area contributed by atoms with E-state index in [2.05, 4.69) is 9.97 Å². The minimum atomic E-state index is -1.26. The fourth-order valence-electron chi connectivity index (χ4n) is 5.66. The van der Waals surface area contributed by atoms with E-state index in [0.29, 0.717) is 39.7 Å². The van der Waals surface area contributed by atoms with E-state index in [-0.39, 0.29) is 12.1 Å². The summed E-state index contributed by atoms with van der Waals surface area (Å²) in [6.45, 7) is 8.20. The Kier molecular flexibility index (Phi) is 6.54. The summed E-state index contributed by atoms with van der Waals surface area (Å²) < 4.78 is 13.8. The van der Waals surface area contributed by atoms with Crippen LogP contribution in [0.4, 0.5) is 0 Å². The molecule has 0 saturated carbocycles. The highest BCUT2D eigenvalue weighted by Crippen LogP contribution is 2.45. The molecule has 5 aromatic rings. The van der Waals surface area contributed by atoms with Crippen LogP contribution in [0.5, 0.6) is 5.75 Å². The van der Waals surface area contributed by atoms with Crippen LogP contribution in [-0.2, 0) is 22.5 Å². The van der Waals surface area contributed by atoms with E-state index in [1.807, 2.05) is 52.0 Å². The molecule has 9 nitrogen and oxygen atoms in total. The summed E-state index contributed by atoms with van der Waals surface area (Å²) in [5.74, 6) is -0.351. The molecule has 2 aromatic carbocycles. The predicted octanol–water partition coefficient (Wildman–Crippen LogP) is 5.24. The van der Waals surface area contributed by atoms with Gasteiger partial charge in [0.2, 0.25) is 0 Å². The first-order chi connectivity index (χ1) is 19.6. The van der Waals surface area contributed by atoms with Gasteiger partial charge in [0.1, 0.15) is 12.1 Å². The van der Waals surface area contributed by atoms with Crippen molar-refractivity contribution in [1.82, 2.24) is 19.5 Å². The van der Waals surface area contributed by atoms with Crippen LogP contribution in [0, 0.1) is 6.92 Å². The highest BCUT2D eigenvalue weighted by Gasteiger charge is 2.33. The first-order valence-electron chi connectivity index (χ1n) is 13.5. The fraction of sp³-hybridized carbons (Fsp3) is 0.281. The van der Waals surface area contributed by atoms with Crippen LogP contribution in [0.2, 0.25) is 0 Å².